The lowest BCUT2D eigenvalue weighted by atomic mass is 10.1. The molecular formula is C20H15N3O2S. The van der Waals surface area contributed by atoms with E-state index in [1.54, 1.807) is 18.2 Å². The molecule has 0 unspecified atom stereocenters. The van der Waals surface area contributed by atoms with Gasteiger partial charge in [0.2, 0.25) is 5.43 Å². The van der Waals surface area contributed by atoms with E-state index in [2.05, 4.69) is 15.3 Å². The Hall–Kier alpha value is -3.25. The Morgan fingerprint density at radius 2 is 1.88 bits per heavy atom. The van der Waals surface area contributed by atoms with Gasteiger partial charge in [0, 0.05) is 28.0 Å². The van der Waals surface area contributed by atoms with Crippen LogP contribution in [0.25, 0.3) is 22.2 Å². The lowest BCUT2D eigenvalue weighted by Crippen LogP contribution is -2.21. The highest BCUT2D eigenvalue weighted by atomic mass is 32.1. The summed E-state index contributed by atoms with van der Waals surface area (Å²) in [4.78, 5) is 32.5. The molecular weight excluding hydrogens is 346 g/mol. The normalized spacial score (nSPS) is 10.8. The Bertz CT molecular complexity index is 1160. The van der Waals surface area contributed by atoms with Crippen LogP contribution in [0.3, 0.4) is 0 Å². The van der Waals surface area contributed by atoms with Gasteiger partial charge in [-0.3, -0.25) is 14.9 Å². The number of aromatic amines is 1. The summed E-state index contributed by atoms with van der Waals surface area (Å²) in [5.74, 6) is -0.471. The molecule has 0 aliphatic carbocycles. The number of aromatic nitrogens is 2. The Morgan fingerprint density at radius 1 is 1.12 bits per heavy atom. The molecule has 0 atom stereocenters. The largest absolute Gasteiger partial charge is 0.360 e. The molecule has 2 N–H and O–H groups in total. The highest BCUT2D eigenvalue weighted by Gasteiger charge is 2.15. The highest BCUT2D eigenvalue weighted by Crippen LogP contribution is 2.25. The second kappa shape index (κ2) is 6.57. The van der Waals surface area contributed by atoms with Crippen LogP contribution in [0.4, 0.5) is 5.13 Å². The Kier molecular flexibility index (Phi) is 4.10. The SMILES string of the molecule is Cc1ccc(-c2csc(NC(=O)c3c[nH]c4ccccc4c3=O)n2)cc1. The predicted molar refractivity (Wildman–Crippen MR) is 105 cm³/mol. The Morgan fingerprint density at radius 3 is 2.69 bits per heavy atom. The number of hydrogen-bond donors (Lipinski definition) is 2. The quantitative estimate of drug-likeness (QED) is 0.574. The summed E-state index contributed by atoms with van der Waals surface area (Å²) in [7, 11) is 0. The van der Waals surface area contributed by atoms with E-state index in [9.17, 15) is 9.59 Å². The number of rotatable bonds is 3. The summed E-state index contributed by atoms with van der Waals surface area (Å²) >= 11 is 1.33. The van der Waals surface area contributed by atoms with Gasteiger partial charge in [0.15, 0.2) is 5.13 Å². The molecule has 6 heteroatoms. The van der Waals surface area contributed by atoms with Crippen LogP contribution in [-0.2, 0) is 0 Å². The predicted octanol–water partition coefficient (Wildman–Crippen LogP) is 4.21. The lowest BCUT2D eigenvalue weighted by Gasteiger charge is -2.03. The zero-order valence-electron chi connectivity index (χ0n) is 13.9. The van der Waals surface area contributed by atoms with Gasteiger partial charge in [0.05, 0.1) is 5.69 Å². The summed E-state index contributed by atoms with van der Waals surface area (Å²) in [5, 5.41) is 5.54. The standard InChI is InChI=1S/C20H15N3O2S/c1-12-6-8-13(9-7-12)17-11-26-20(22-17)23-19(25)15-10-21-16-5-3-2-4-14(16)18(15)24/h2-11H,1H3,(H,21,24)(H,22,23,25). The number of fused-ring (bicyclic) bond motifs is 1. The molecule has 1 amide bonds. The fourth-order valence-corrected chi connectivity index (χ4v) is 3.40. The second-order valence-corrected chi connectivity index (χ2v) is 6.79. The molecule has 4 aromatic rings. The van der Waals surface area contributed by atoms with Crippen molar-refractivity contribution in [1.82, 2.24) is 9.97 Å². The first-order valence-electron chi connectivity index (χ1n) is 8.06. The van der Waals surface area contributed by atoms with Crippen molar-refractivity contribution in [3.63, 3.8) is 0 Å². The number of thiazole rings is 1. The maximum Gasteiger partial charge on any atom is 0.262 e. The Balaban J connectivity index is 1.60. The first kappa shape index (κ1) is 16.2. The van der Waals surface area contributed by atoms with Gasteiger partial charge in [0.1, 0.15) is 5.56 Å². The zero-order chi connectivity index (χ0) is 18.1. The number of anilines is 1. The summed E-state index contributed by atoms with van der Waals surface area (Å²) in [6.07, 6.45) is 1.44. The first-order valence-corrected chi connectivity index (χ1v) is 8.94. The minimum Gasteiger partial charge on any atom is -0.360 e. The molecule has 5 nitrogen and oxygen atoms in total. The minimum atomic E-state index is -0.471. The molecule has 2 aromatic carbocycles. The number of carbonyl (C=O) groups excluding carboxylic acids is 1. The molecule has 4 rings (SSSR count). The summed E-state index contributed by atoms with van der Waals surface area (Å²) in [6, 6.07) is 15.1. The third-order valence-electron chi connectivity index (χ3n) is 4.10. The second-order valence-electron chi connectivity index (χ2n) is 5.94. The van der Waals surface area contributed by atoms with E-state index < -0.39 is 5.91 Å². The van der Waals surface area contributed by atoms with Gasteiger partial charge >= 0.3 is 0 Å². The molecule has 0 saturated carbocycles. The van der Waals surface area contributed by atoms with E-state index in [0.717, 1.165) is 11.3 Å². The van der Waals surface area contributed by atoms with Crippen LogP contribution in [0.5, 0.6) is 0 Å². The first-order chi connectivity index (χ1) is 12.6. The minimum absolute atomic E-state index is 0.0655. The van der Waals surface area contributed by atoms with E-state index in [4.69, 9.17) is 0 Å². The van der Waals surface area contributed by atoms with Gasteiger partial charge in [-0.1, -0.05) is 42.0 Å². The van der Waals surface area contributed by atoms with Gasteiger partial charge in [-0.2, -0.15) is 0 Å². The number of nitrogens with one attached hydrogen (secondary N) is 2. The van der Waals surface area contributed by atoms with Crippen molar-refractivity contribution >= 4 is 33.3 Å². The van der Waals surface area contributed by atoms with Crippen LogP contribution in [-0.4, -0.2) is 15.9 Å². The van der Waals surface area contributed by atoms with Crippen LogP contribution >= 0.6 is 11.3 Å². The van der Waals surface area contributed by atoms with Gasteiger partial charge in [0.25, 0.3) is 5.91 Å². The monoisotopic (exact) mass is 361 g/mol. The van der Waals surface area contributed by atoms with E-state index in [0.29, 0.717) is 16.0 Å². The van der Waals surface area contributed by atoms with Gasteiger partial charge < -0.3 is 4.98 Å². The number of H-pyrrole nitrogens is 1. The lowest BCUT2D eigenvalue weighted by molar-refractivity contribution is 0.102. The number of amides is 1. The number of hydrogen-bond acceptors (Lipinski definition) is 4. The van der Waals surface area contributed by atoms with Gasteiger partial charge in [-0.25, -0.2) is 4.98 Å². The van der Waals surface area contributed by atoms with Crippen molar-refractivity contribution < 1.29 is 4.79 Å². The maximum absolute atomic E-state index is 12.5. The van der Waals surface area contributed by atoms with E-state index in [1.165, 1.54) is 23.1 Å². The number of aryl methyl sites for hydroxylation is 1. The smallest absolute Gasteiger partial charge is 0.262 e. The molecule has 0 spiro atoms. The highest BCUT2D eigenvalue weighted by molar-refractivity contribution is 7.14. The van der Waals surface area contributed by atoms with Crippen molar-refractivity contribution in [2.24, 2.45) is 0 Å². The van der Waals surface area contributed by atoms with Crippen molar-refractivity contribution in [2.75, 3.05) is 5.32 Å². The van der Waals surface area contributed by atoms with Crippen LogP contribution in [0.15, 0.2) is 64.9 Å². The molecule has 0 fully saturated rings. The summed E-state index contributed by atoms with van der Waals surface area (Å²) < 4.78 is 0. The number of para-hydroxylation sites is 1. The Labute approximate surface area is 153 Å². The van der Waals surface area contributed by atoms with Crippen LogP contribution < -0.4 is 10.7 Å². The zero-order valence-corrected chi connectivity index (χ0v) is 14.8. The van der Waals surface area contributed by atoms with Crippen molar-refractivity contribution in [1.29, 1.82) is 0 Å². The summed E-state index contributed by atoms with van der Waals surface area (Å²) in [6.45, 7) is 2.03. The fraction of sp³-hybridized carbons (Fsp3) is 0.0500. The topological polar surface area (TPSA) is 74.8 Å². The number of carbonyl (C=O) groups is 1. The van der Waals surface area contributed by atoms with Crippen molar-refractivity contribution in [2.45, 2.75) is 6.92 Å². The molecule has 0 aliphatic rings. The molecule has 0 radical (unpaired) electrons. The number of benzene rings is 2. The number of pyridine rings is 1. The third-order valence-corrected chi connectivity index (χ3v) is 4.86. The van der Waals surface area contributed by atoms with Crippen LogP contribution in [0.2, 0.25) is 0 Å². The molecule has 0 aliphatic heterocycles. The van der Waals surface area contributed by atoms with E-state index in [-0.39, 0.29) is 11.0 Å². The van der Waals surface area contributed by atoms with Crippen molar-refractivity contribution in [3.05, 3.63) is 81.5 Å². The third kappa shape index (κ3) is 3.02. The molecule has 26 heavy (non-hydrogen) atoms. The fourth-order valence-electron chi connectivity index (χ4n) is 2.69. The van der Waals surface area contributed by atoms with Crippen LogP contribution in [0, 0.1) is 6.92 Å². The van der Waals surface area contributed by atoms with Gasteiger partial charge in [-0.05, 0) is 19.1 Å². The molecule has 0 bridgehead atoms. The van der Waals surface area contributed by atoms with Crippen molar-refractivity contribution in [3.8, 4) is 11.3 Å². The van der Waals surface area contributed by atoms with Gasteiger partial charge in [-0.15, -0.1) is 11.3 Å². The number of nitrogens with zero attached hydrogens (tertiary/aromatic N) is 1. The van der Waals surface area contributed by atoms with E-state index in [1.807, 2.05) is 42.6 Å². The molecule has 2 heterocycles. The molecule has 0 saturated heterocycles. The summed E-state index contributed by atoms with van der Waals surface area (Å²) in [5.41, 5.74) is 3.41. The average molecular weight is 361 g/mol. The van der Waals surface area contributed by atoms with E-state index >= 15 is 0 Å². The van der Waals surface area contributed by atoms with Crippen LogP contribution in [0.1, 0.15) is 15.9 Å². The molecule has 2 aromatic heterocycles. The molecule has 128 valence electrons. The maximum atomic E-state index is 12.5. The average Bonchev–Trinajstić information content (AvgIpc) is 3.11.